The summed E-state index contributed by atoms with van der Waals surface area (Å²) >= 11 is 0. The molecule has 0 saturated heterocycles. The standard InChI is InChI=1S/C13H14N4O3/c1-19-11-4-2-3-9-5-10(6-20-12(9)11)13(18)16-17-7-14-15-8-17/h2-4,7-8,10H,5-6H2,1H3,(H,16,18)/t10-/m0/s1. The van der Waals surface area contributed by atoms with Gasteiger partial charge in [0.05, 0.1) is 13.0 Å². The molecule has 1 atom stereocenters. The largest absolute Gasteiger partial charge is 0.493 e. The van der Waals surface area contributed by atoms with Gasteiger partial charge in [-0.25, -0.2) is 4.68 Å². The van der Waals surface area contributed by atoms with Crippen molar-refractivity contribution in [2.24, 2.45) is 5.92 Å². The number of hydrogen-bond donors (Lipinski definition) is 1. The van der Waals surface area contributed by atoms with Gasteiger partial charge in [0.1, 0.15) is 19.3 Å². The second-order valence-electron chi connectivity index (χ2n) is 4.51. The third-order valence-electron chi connectivity index (χ3n) is 3.20. The van der Waals surface area contributed by atoms with E-state index in [-0.39, 0.29) is 11.8 Å². The number of carbonyl (C=O) groups is 1. The molecule has 1 aromatic heterocycles. The van der Waals surface area contributed by atoms with Crippen molar-refractivity contribution >= 4 is 5.91 Å². The summed E-state index contributed by atoms with van der Waals surface area (Å²) in [5.41, 5.74) is 3.66. The van der Waals surface area contributed by atoms with Gasteiger partial charge >= 0.3 is 0 Å². The van der Waals surface area contributed by atoms with Crippen LogP contribution in [-0.2, 0) is 11.2 Å². The molecule has 1 aliphatic rings. The zero-order chi connectivity index (χ0) is 13.9. The lowest BCUT2D eigenvalue weighted by Gasteiger charge is -2.25. The molecule has 1 amide bonds. The van der Waals surface area contributed by atoms with E-state index in [0.29, 0.717) is 18.8 Å². The van der Waals surface area contributed by atoms with Gasteiger partial charge in [0.15, 0.2) is 11.5 Å². The third kappa shape index (κ3) is 2.29. The molecular formula is C13H14N4O3. The Morgan fingerprint density at radius 1 is 1.45 bits per heavy atom. The summed E-state index contributed by atoms with van der Waals surface area (Å²) in [6.07, 6.45) is 3.47. The summed E-state index contributed by atoms with van der Waals surface area (Å²) in [5, 5.41) is 7.26. The van der Waals surface area contributed by atoms with Crippen molar-refractivity contribution in [3.8, 4) is 11.5 Å². The minimum Gasteiger partial charge on any atom is -0.493 e. The lowest BCUT2D eigenvalue weighted by atomic mass is 9.96. The number of nitrogens with one attached hydrogen (secondary N) is 1. The second kappa shape index (κ2) is 5.20. The second-order valence-corrected chi connectivity index (χ2v) is 4.51. The number of benzene rings is 1. The van der Waals surface area contributed by atoms with Crippen molar-refractivity contribution < 1.29 is 14.3 Å². The van der Waals surface area contributed by atoms with Crippen LogP contribution in [0.3, 0.4) is 0 Å². The van der Waals surface area contributed by atoms with Gasteiger partial charge in [-0.05, 0) is 18.1 Å². The maximum atomic E-state index is 12.1. The number of fused-ring (bicyclic) bond motifs is 1. The van der Waals surface area contributed by atoms with Crippen LogP contribution < -0.4 is 14.9 Å². The van der Waals surface area contributed by atoms with Crippen LogP contribution in [0.25, 0.3) is 0 Å². The highest BCUT2D eigenvalue weighted by Gasteiger charge is 2.28. The Labute approximate surface area is 115 Å². The first-order chi connectivity index (χ1) is 9.78. The molecule has 20 heavy (non-hydrogen) atoms. The first kappa shape index (κ1) is 12.5. The SMILES string of the molecule is COc1cccc2c1OC[C@@H](C(=O)Nn1cnnc1)C2. The van der Waals surface area contributed by atoms with Gasteiger partial charge in [-0.15, -0.1) is 10.2 Å². The number of hydrogen-bond acceptors (Lipinski definition) is 5. The molecule has 2 heterocycles. The summed E-state index contributed by atoms with van der Waals surface area (Å²) in [6, 6.07) is 5.67. The highest BCUT2D eigenvalue weighted by molar-refractivity contribution is 5.86. The van der Waals surface area contributed by atoms with Crippen molar-refractivity contribution in [1.29, 1.82) is 0 Å². The van der Waals surface area contributed by atoms with Crippen LogP contribution in [0.2, 0.25) is 0 Å². The highest BCUT2D eigenvalue weighted by Crippen LogP contribution is 2.36. The predicted molar refractivity (Wildman–Crippen MR) is 70.1 cm³/mol. The van der Waals surface area contributed by atoms with Gasteiger partial charge in [-0.3, -0.25) is 10.2 Å². The Morgan fingerprint density at radius 2 is 2.25 bits per heavy atom. The maximum absolute atomic E-state index is 12.1. The molecule has 0 saturated carbocycles. The van der Waals surface area contributed by atoms with Crippen molar-refractivity contribution in [1.82, 2.24) is 14.9 Å². The smallest absolute Gasteiger partial charge is 0.245 e. The zero-order valence-corrected chi connectivity index (χ0v) is 10.9. The molecule has 104 valence electrons. The van der Waals surface area contributed by atoms with Crippen LogP contribution in [0.1, 0.15) is 5.56 Å². The quantitative estimate of drug-likeness (QED) is 0.887. The summed E-state index contributed by atoms with van der Waals surface area (Å²) < 4.78 is 12.3. The number of ether oxygens (including phenoxy) is 2. The summed E-state index contributed by atoms with van der Waals surface area (Å²) in [4.78, 5) is 12.1. The average Bonchev–Trinajstić information content (AvgIpc) is 2.98. The normalized spacial score (nSPS) is 16.9. The fourth-order valence-corrected chi connectivity index (χ4v) is 2.20. The number of aromatic nitrogens is 3. The molecule has 2 aromatic rings. The van der Waals surface area contributed by atoms with Gasteiger partial charge < -0.3 is 9.47 Å². The molecule has 1 aromatic carbocycles. The molecule has 0 unspecified atom stereocenters. The number of para-hydroxylation sites is 1. The summed E-state index contributed by atoms with van der Waals surface area (Å²) in [7, 11) is 1.60. The zero-order valence-electron chi connectivity index (χ0n) is 10.9. The molecule has 7 heteroatoms. The third-order valence-corrected chi connectivity index (χ3v) is 3.20. The van der Waals surface area contributed by atoms with Gasteiger partial charge in [-0.1, -0.05) is 12.1 Å². The van der Waals surface area contributed by atoms with Crippen LogP contribution >= 0.6 is 0 Å². The summed E-state index contributed by atoms with van der Waals surface area (Å²) in [5.74, 6) is 1.04. The maximum Gasteiger partial charge on any atom is 0.245 e. The first-order valence-corrected chi connectivity index (χ1v) is 6.22. The monoisotopic (exact) mass is 274 g/mol. The van der Waals surface area contributed by atoms with E-state index in [0.717, 1.165) is 11.3 Å². The lowest BCUT2D eigenvalue weighted by Crippen LogP contribution is -2.36. The van der Waals surface area contributed by atoms with Crippen molar-refractivity contribution in [2.45, 2.75) is 6.42 Å². The van der Waals surface area contributed by atoms with Crippen molar-refractivity contribution in [3.05, 3.63) is 36.4 Å². The average molecular weight is 274 g/mol. The molecule has 0 bridgehead atoms. The van der Waals surface area contributed by atoms with E-state index >= 15 is 0 Å². The van der Waals surface area contributed by atoms with Crippen LogP contribution in [0.4, 0.5) is 0 Å². The van der Waals surface area contributed by atoms with Crippen LogP contribution in [0.15, 0.2) is 30.9 Å². The van der Waals surface area contributed by atoms with Crippen LogP contribution in [0.5, 0.6) is 11.5 Å². The molecule has 0 spiro atoms. The fourth-order valence-electron chi connectivity index (χ4n) is 2.20. The van der Waals surface area contributed by atoms with Gasteiger partial charge in [0, 0.05) is 0 Å². The molecule has 7 nitrogen and oxygen atoms in total. The number of nitrogens with zero attached hydrogens (tertiary/aromatic N) is 3. The number of rotatable bonds is 3. The lowest BCUT2D eigenvalue weighted by molar-refractivity contribution is -0.122. The molecule has 1 N–H and O–H groups in total. The minimum absolute atomic E-state index is 0.127. The molecule has 3 rings (SSSR count). The van der Waals surface area contributed by atoms with Gasteiger partial charge in [-0.2, -0.15) is 0 Å². The van der Waals surface area contributed by atoms with Crippen molar-refractivity contribution in [2.75, 3.05) is 19.1 Å². The Bertz CT molecular complexity index is 612. The Morgan fingerprint density at radius 3 is 3.00 bits per heavy atom. The van der Waals surface area contributed by atoms with E-state index in [9.17, 15) is 4.79 Å². The molecule has 0 aliphatic carbocycles. The Balaban J connectivity index is 1.74. The van der Waals surface area contributed by atoms with Crippen LogP contribution in [-0.4, -0.2) is 34.5 Å². The molecule has 0 radical (unpaired) electrons. The van der Waals surface area contributed by atoms with E-state index < -0.39 is 0 Å². The molecule has 0 fully saturated rings. The van der Waals surface area contributed by atoms with Crippen LogP contribution in [0, 0.1) is 5.92 Å². The van der Waals surface area contributed by atoms with Gasteiger partial charge in [0.25, 0.3) is 0 Å². The van der Waals surface area contributed by atoms with E-state index in [1.807, 2.05) is 18.2 Å². The van der Waals surface area contributed by atoms with Gasteiger partial charge in [0.2, 0.25) is 5.91 Å². The topological polar surface area (TPSA) is 78.3 Å². The number of carbonyl (C=O) groups excluding carboxylic acids is 1. The Kier molecular flexibility index (Phi) is 3.24. The minimum atomic E-state index is -0.253. The Hall–Kier alpha value is -2.57. The first-order valence-electron chi connectivity index (χ1n) is 6.22. The molecule has 1 aliphatic heterocycles. The molecular weight excluding hydrogens is 260 g/mol. The van der Waals surface area contributed by atoms with Crippen molar-refractivity contribution in [3.63, 3.8) is 0 Å². The van der Waals surface area contributed by atoms with E-state index in [2.05, 4.69) is 15.6 Å². The number of amides is 1. The summed E-state index contributed by atoms with van der Waals surface area (Å²) in [6.45, 7) is 0.321. The van der Waals surface area contributed by atoms with E-state index in [1.54, 1.807) is 7.11 Å². The fraction of sp³-hybridized carbons (Fsp3) is 0.308. The van der Waals surface area contributed by atoms with E-state index in [1.165, 1.54) is 17.3 Å². The highest BCUT2D eigenvalue weighted by atomic mass is 16.5. The van der Waals surface area contributed by atoms with E-state index in [4.69, 9.17) is 9.47 Å². The number of methoxy groups -OCH3 is 1. The predicted octanol–water partition coefficient (Wildman–Crippen LogP) is 0.608.